The number of carbonyl (C=O) groups excluding carboxylic acids is 1. The van der Waals surface area contributed by atoms with Crippen LogP contribution >= 0.6 is 59.1 Å². The summed E-state index contributed by atoms with van der Waals surface area (Å²) < 4.78 is 12.8. The summed E-state index contributed by atoms with van der Waals surface area (Å²) in [5.74, 6) is 0.969. The van der Waals surface area contributed by atoms with Gasteiger partial charge >= 0.3 is 0 Å². The van der Waals surface area contributed by atoms with Crippen LogP contribution < -0.4 is 9.47 Å². The number of carbonyl (C=O) groups is 1. The molecule has 20 heavy (non-hydrogen) atoms. The summed E-state index contributed by atoms with van der Waals surface area (Å²) >= 11 is 11.6. The molecule has 0 unspecified atom stereocenters. The minimum absolute atomic E-state index is 0.120. The summed E-state index contributed by atoms with van der Waals surface area (Å²) in [7, 11) is 3.09. The number of rotatable bonds is 4. The van der Waals surface area contributed by atoms with Crippen molar-refractivity contribution in [3.05, 3.63) is 41.4 Å². The van der Waals surface area contributed by atoms with Crippen molar-refractivity contribution in [3.8, 4) is 11.5 Å². The zero-order valence-electron chi connectivity index (χ0n) is 10.5. The molecule has 0 spiro atoms. The first-order chi connectivity index (χ1) is 9.47. The second kappa shape index (κ2) is 6.60. The topological polar surface area (TPSA) is 35.5 Å². The molecule has 0 N–H and O–H groups in total. The maximum absolute atomic E-state index is 12.7. The number of ether oxygens (including phenoxy) is 2. The molecule has 0 bridgehead atoms. The zero-order chi connectivity index (χ0) is 14.9. The van der Waals surface area contributed by atoms with E-state index >= 15 is 0 Å². The molecule has 0 radical (unpaired) electrons. The normalized spacial score (nSPS) is 10.4. The second-order valence-corrected chi connectivity index (χ2v) is 8.36. The fourth-order valence-electron chi connectivity index (χ4n) is 1.69. The molecule has 3 nitrogen and oxygen atoms in total. The first kappa shape index (κ1) is 16.0. The van der Waals surface area contributed by atoms with Crippen molar-refractivity contribution in [1.29, 1.82) is 0 Å². The second-order valence-electron chi connectivity index (χ2n) is 3.75. The van der Waals surface area contributed by atoms with Gasteiger partial charge in [0.05, 0.1) is 27.4 Å². The molecule has 1 aromatic heterocycles. The van der Waals surface area contributed by atoms with Gasteiger partial charge in [-0.2, -0.15) is 0 Å². The van der Waals surface area contributed by atoms with E-state index < -0.39 is 0 Å². The third kappa shape index (κ3) is 3.10. The lowest BCUT2D eigenvalue weighted by atomic mass is 10.0. The Labute approximate surface area is 145 Å². The van der Waals surface area contributed by atoms with Crippen LogP contribution in [0.5, 0.6) is 11.5 Å². The molecule has 0 aliphatic carbocycles. The van der Waals surface area contributed by atoms with Gasteiger partial charge in [0.25, 0.3) is 0 Å². The summed E-state index contributed by atoms with van der Waals surface area (Å²) in [4.78, 5) is 12.7. The summed E-state index contributed by atoms with van der Waals surface area (Å²) in [6.07, 6.45) is 0. The Morgan fingerprint density at radius 1 is 1.10 bits per heavy atom. The zero-order valence-corrected chi connectivity index (χ0v) is 16.1. The van der Waals surface area contributed by atoms with Crippen LogP contribution in [0.2, 0.25) is 0 Å². The molecule has 2 rings (SSSR count). The van der Waals surface area contributed by atoms with Crippen molar-refractivity contribution in [1.82, 2.24) is 0 Å². The number of benzene rings is 1. The van der Waals surface area contributed by atoms with Gasteiger partial charge in [-0.3, -0.25) is 4.79 Å². The van der Waals surface area contributed by atoms with Crippen LogP contribution in [0.1, 0.15) is 15.9 Å². The minimum atomic E-state index is -0.120. The summed E-state index contributed by atoms with van der Waals surface area (Å²) in [5.41, 5.74) is 1.06. The van der Waals surface area contributed by atoms with Crippen LogP contribution in [-0.4, -0.2) is 20.0 Å². The predicted molar refractivity (Wildman–Crippen MR) is 90.4 cm³/mol. The van der Waals surface area contributed by atoms with E-state index in [0.717, 1.165) is 7.57 Å². The van der Waals surface area contributed by atoms with Gasteiger partial charge < -0.3 is 9.47 Å². The summed E-state index contributed by atoms with van der Waals surface area (Å²) in [5, 5.41) is 0. The lowest BCUT2D eigenvalue weighted by Gasteiger charge is -2.11. The van der Waals surface area contributed by atoms with E-state index in [1.165, 1.54) is 18.4 Å². The fourth-order valence-corrected chi connectivity index (χ4v) is 5.08. The Morgan fingerprint density at radius 2 is 1.80 bits per heavy atom. The van der Waals surface area contributed by atoms with Crippen molar-refractivity contribution in [3.63, 3.8) is 0 Å². The van der Waals surface area contributed by atoms with E-state index in [1.807, 2.05) is 0 Å². The van der Waals surface area contributed by atoms with Crippen LogP contribution in [0, 0.1) is 0 Å². The Kier molecular flexibility index (Phi) is 5.28. The largest absolute Gasteiger partial charge is 0.497 e. The molecular weight excluding hydrogens is 476 g/mol. The van der Waals surface area contributed by atoms with Gasteiger partial charge in [0.15, 0.2) is 5.78 Å². The van der Waals surface area contributed by atoms with E-state index in [-0.39, 0.29) is 5.78 Å². The highest BCUT2D eigenvalue weighted by Gasteiger charge is 2.23. The Hall–Kier alpha value is -0.370. The molecule has 1 heterocycles. The van der Waals surface area contributed by atoms with Gasteiger partial charge in [-0.15, -0.1) is 11.3 Å². The van der Waals surface area contributed by atoms with E-state index in [1.54, 1.807) is 25.3 Å². The fraction of sp³-hybridized carbons (Fsp3) is 0.154. The third-order valence-electron chi connectivity index (χ3n) is 2.61. The number of methoxy groups -OCH3 is 2. The maximum Gasteiger partial charge on any atom is 0.199 e. The molecule has 0 aliphatic heterocycles. The maximum atomic E-state index is 12.7. The average Bonchev–Trinajstić information content (AvgIpc) is 2.75. The van der Waals surface area contributed by atoms with Gasteiger partial charge in [-0.1, -0.05) is 0 Å². The number of ketones is 1. The molecule has 1 aromatic carbocycles. The third-order valence-corrected chi connectivity index (χ3v) is 5.58. The van der Waals surface area contributed by atoms with Crippen LogP contribution in [0.25, 0.3) is 0 Å². The molecule has 0 saturated carbocycles. The molecule has 7 heteroatoms. The molecule has 0 fully saturated rings. The Morgan fingerprint density at radius 3 is 2.30 bits per heavy atom. The van der Waals surface area contributed by atoms with Crippen molar-refractivity contribution < 1.29 is 14.3 Å². The van der Waals surface area contributed by atoms with E-state index in [0.29, 0.717) is 27.1 Å². The van der Waals surface area contributed by atoms with E-state index in [4.69, 9.17) is 9.47 Å². The molecule has 2 aromatic rings. The summed E-state index contributed by atoms with van der Waals surface area (Å²) in [6, 6.07) is 5.21. The highest BCUT2D eigenvalue weighted by molar-refractivity contribution is 9.12. The van der Waals surface area contributed by atoms with Crippen LogP contribution in [0.4, 0.5) is 0 Å². The highest BCUT2D eigenvalue weighted by atomic mass is 79.9. The van der Waals surface area contributed by atoms with E-state index in [2.05, 4.69) is 47.8 Å². The van der Waals surface area contributed by atoms with Crippen molar-refractivity contribution >= 4 is 64.9 Å². The SMILES string of the molecule is COc1cc(Br)c(C(=O)c2cc(Br)sc2Br)c(OC)c1. The quantitative estimate of drug-likeness (QED) is 0.554. The van der Waals surface area contributed by atoms with Crippen molar-refractivity contribution in [2.24, 2.45) is 0 Å². The molecule has 106 valence electrons. The number of hydrogen-bond donors (Lipinski definition) is 0. The number of hydrogen-bond acceptors (Lipinski definition) is 4. The average molecular weight is 485 g/mol. The molecule has 0 saturated heterocycles. The predicted octanol–water partition coefficient (Wildman–Crippen LogP) is 5.28. The molecule has 0 aliphatic rings. The lowest BCUT2D eigenvalue weighted by molar-refractivity contribution is 0.103. The highest BCUT2D eigenvalue weighted by Crippen LogP contribution is 2.38. The van der Waals surface area contributed by atoms with Crippen LogP contribution in [-0.2, 0) is 0 Å². The van der Waals surface area contributed by atoms with Gasteiger partial charge in [-0.25, -0.2) is 0 Å². The first-order valence-corrected chi connectivity index (χ1v) is 8.58. The van der Waals surface area contributed by atoms with Gasteiger partial charge in [0.2, 0.25) is 0 Å². The number of halogens is 3. The van der Waals surface area contributed by atoms with Gasteiger partial charge in [0, 0.05) is 16.1 Å². The smallest absolute Gasteiger partial charge is 0.199 e. The minimum Gasteiger partial charge on any atom is -0.497 e. The standard InChI is InChI=1S/C13H9Br3O3S/c1-18-6-3-8(14)11(9(4-6)19-2)12(17)7-5-10(15)20-13(7)16/h3-5H,1-2H3. The monoisotopic (exact) mass is 482 g/mol. The van der Waals surface area contributed by atoms with Crippen molar-refractivity contribution in [2.45, 2.75) is 0 Å². The Bertz CT molecular complexity index is 667. The van der Waals surface area contributed by atoms with Crippen LogP contribution in [0.3, 0.4) is 0 Å². The summed E-state index contributed by atoms with van der Waals surface area (Å²) in [6.45, 7) is 0. The molecular formula is C13H9Br3O3S. The molecule has 0 amide bonds. The van der Waals surface area contributed by atoms with Crippen LogP contribution in [0.15, 0.2) is 30.2 Å². The lowest BCUT2D eigenvalue weighted by Crippen LogP contribution is -2.05. The van der Waals surface area contributed by atoms with Gasteiger partial charge in [0.1, 0.15) is 11.5 Å². The van der Waals surface area contributed by atoms with Gasteiger partial charge in [-0.05, 0) is 59.9 Å². The molecule has 0 atom stereocenters. The van der Waals surface area contributed by atoms with E-state index in [9.17, 15) is 4.79 Å². The number of thiophene rings is 1. The van der Waals surface area contributed by atoms with Crippen molar-refractivity contribution in [2.75, 3.05) is 14.2 Å². The first-order valence-electron chi connectivity index (χ1n) is 5.39. The Balaban J connectivity index is 2.57.